The van der Waals surface area contributed by atoms with E-state index in [9.17, 15) is 0 Å². The second kappa shape index (κ2) is 8.17. The number of methoxy groups -OCH3 is 1. The molecule has 0 atom stereocenters. The van der Waals surface area contributed by atoms with Gasteiger partial charge in [-0.25, -0.2) is 0 Å². The minimum atomic E-state index is 0.500. The van der Waals surface area contributed by atoms with Crippen molar-refractivity contribution in [1.29, 1.82) is 0 Å². The fraction of sp³-hybridized carbons (Fsp3) is 0.294. The lowest BCUT2D eigenvalue weighted by molar-refractivity contribution is 0.215. The Morgan fingerprint density at radius 3 is 2.24 bits per heavy atom. The Labute approximate surface area is 125 Å². The molecule has 2 aromatic carbocycles. The molecule has 4 nitrogen and oxygen atoms in total. The lowest BCUT2D eigenvalue weighted by Gasteiger charge is -2.12. The van der Waals surface area contributed by atoms with Crippen molar-refractivity contribution >= 4 is 0 Å². The molecule has 112 valence electrons. The quantitative estimate of drug-likeness (QED) is 0.758. The molecule has 0 saturated carbocycles. The van der Waals surface area contributed by atoms with E-state index in [0.717, 1.165) is 29.4 Å². The van der Waals surface area contributed by atoms with Gasteiger partial charge in [-0.15, -0.1) is 0 Å². The minimum Gasteiger partial charge on any atom is -0.497 e. The predicted octanol–water partition coefficient (Wildman–Crippen LogP) is 2.87. The van der Waals surface area contributed by atoms with Crippen LogP contribution >= 0.6 is 0 Å². The predicted molar refractivity (Wildman–Crippen MR) is 83.2 cm³/mol. The van der Waals surface area contributed by atoms with Crippen LogP contribution in [0.1, 0.15) is 5.56 Å². The molecule has 0 aliphatic heterocycles. The fourth-order valence-electron chi connectivity index (χ4n) is 1.96. The van der Waals surface area contributed by atoms with Crippen LogP contribution in [-0.4, -0.2) is 27.4 Å². The summed E-state index contributed by atoms with van der Waals surface area (Å²) in [5, 5.41) is 3.13. The van der Waals surface area contributed by atoms with Crippen molar-refractivity contribution in [2.45, 2.75) is 6.54 Å². The van der Waals surface area contributed by atoms with E-state index < -0.39 is 0 Å². The van der Waals surface area contributed by atoms with Crippen LogP contribution in [0, 0.1) is 0 Å². The molecule has 0 fully saturated rings. The third-order valence-electron chi connectivity index (χ3n) is 3.01. The van der Waals surface area contributed by atoms with E-state index in [1.54, 1.807) is 7.11 Å². The van der Waals surface area contributed by atoms with Gasteiger partial charge in [0.05, 0.1) is 7.11 Å². The van der Waals surface area contributed by atoms with Crippen LogP contribution in [-0.2, 0) is 6.54 Å². The molecule has 21 heavy (non-hydrogen) atoms. The van der Waals surface area contributed by atoms with E-state index in [1.165, 1.54) is 0 Å². The van der Waals surface area contributed by atoms with Crippen molar-refractivity contribution in [3.05, 3.63) is 54.1 Å². The highest BCUT2D eigenvalue weighted by Crippen LogP contribution is 2.19. The van der Waals surface area contributed by atoms with Gasteiger partial charge in [-0.05, 0) is 37.4 Å². The monoisotopic (exact) mass is 287 g/mol. The first-order chi connectivity index (χ1) is 10.3. The molecule has 1 N–H and O–H groups in total. The fourth-order valence-corrected chi connectivity index (χ4v) is 1.96. The number of benzene rings is 2. The molecule has 0 aliphatic rings. The number of ether oxygens (including phenoxy) is 3. The van der Waals surface area contributed by atoms with Gasteiger partial charge in [0.25, 0.3) is 0 Å². The normalized spacial score (nSPS) is 10.2. The van der Waals surface area contributed by atoms with Crippen LogP contribution in [0.4, 0.5) is 0 Å². The lowest BCUT2D eigenvalue weighted by Crippen LogP contribution is -2.12. The number of hydrogen-bond donors (Lipinski definition) is 1. The van der Waals surface area contributed by atoms with Gasteiger partial charge in [-0.1, -0.05) is 18.2 Å². The van der Waals surface area contributed by atoms with Crippen LogP contribution in [0.3, 0.4) is 0 Å². The zero-order valence-corrected chi connectivity index (χ0v) is 12.5. The molecule has 0 heterocycles. The number of nitrogens with one attached hydrogen (secondary N) is 1. The van der Waals surface area contributed by atoms with Crippen molar-refractivity contribution in [2.75, 3.05) is 27.4 Å². The SMILES string of the molecule is CNCc1ccccc1OCCOc1ccc(OC)cc1. The van der Waals surface area contributed by atoms with Crippen LogP contribution < -0.4 is 19.5 Å². The number of rotatable bonds is 8. The second-order valence-electron chi connectivity index (χ2n) is 4.51. The average Bonchev–Trinajstić information content (AvgIpc) is 2.54. The molecule has 0 radical (unpaired) electrons. The summed E-state index contributed by atoms with van der Waals surface area (Å²) >= 11 is 0. The van der Waals surface area contributed by atoms with Crippen LogP contribution in [0.25, 0.3) is 0 Å². The van der Waals surface area contributed by atoms with E-state index >= 15 is 0 Å². The summed E-state index contributed by atoms with van der Waals surface area (Å²) in [6.07, 6.45) is 0. The smallest absolute Gasteiger partial charge is 0.123 e. The van der Waals surface area contributed by atoms with Gasteiger partial charge in [0.15, 0.2) is 0 Å². The van der Waals surface area contributed by atoms with Crippen LogP contribution in [0.15, 0.2) is 48.5 Å². The van der Waals surface area contributed by atoms with Gasteiger partial charge in [0.1, 0.15) is 30.5 Å². The maximum atomic E-state index is 5.77. The van der Waals surface area contributed by atoms with E-state index in [2.05, 4.69) is 11.4 Å². The largest absolute Gasteiger partial charge is 0.497 e. The summed E-state index contributed by atoms with van der Waals surface area (Å²) in [5.74, 6) is 2.52. The maximum absolute atomic E-state index is 5.77. The Bertz CT molecular complexity index is 540. The van der Waals surface area contributed by atoms with Crippen molar-refractivity contribution < 1.29 is 14.2 Å². The van der Waals surface area contributed by atoms with Crippen molar-refractivity contribution in [2.24, 2.45) is 0 Å². The summed E-state index contributed by atoms with van der Waals surface area (Å²) in [4.78, 5) is 0. The topological polar surface area (TPSA) is 39.7 Å². The molecule has 0 amide bonds. The molecule has 0 aromatic heterocycles. The summed E-state index contributed by atoms with van der Waals surface area (Å²) < 4.78 is 16.5. The summed E-state index contributed by atoms with van der Waals surface area (Å²) in [6, 6.07) is 15.5. The molecular weight excluding hydrogens is 266 g/mol. The Morgan fingerprint density at radius 1 is 0.857 bits per heavy atom. The van der Waals surface area contributed by atoms with Crippen LogP contribution in [0.2, 0.25) is 0 Å². The van der Waals surface area contributed by atoms with Gasteiger partial charge in [-0.2, -0.15) is 0 Å². The Balaban J connectivity index is 1.79. The minimum absolute atomic E-state index is 0.500. The summed E-state index contributed by atoms with van der Waals surface area (Å²) in [7, 11) is 3.57. The molecular formula is C17H21NO3. The molecule has 0 aliphatic carbocycles. The lowest BCUT2D eigenvalue weighted by atomic mass is 10.2. The first kappa shape index (κ1) is 15.2. The standard InChI is InChI=1S/C17H21NO3/c1-18-13-14-5-3-4-6-17(14)21-12-11-20-16-9-7-15(19-2)8-10-16/h3-10,18H,11-13H2,1-2H3. The molecule has 4 heteroatoms. The highest BCUT2D eigenvalue weighted by molar-refractivity contribution is 5.33. The van der Waals surface area contributed by atoms with E-state index in [4.69, 9.17) is 14.2 Å². The molecule has 0 saturated heterocycles. The summed E-state index contributed by atoms with van der Waals surface area (Å²) in [5.41, 5.74) is 1.14. The van der Waals surface area contributed by atoms with E-state index in [-0.39, 0.29) is 0 Å². The van der Waals surface area contributed by atoms with Gasteiger partial charge in [0, 0.05) is 12.1 Å². The highest BCUT2D eigenvalue weighted by Gasteiger charge is 2.02. The molecule has 2 rings (SSSR count). The second-order valence-corrected chi connectivity index (χ2v) is 4.51. The van der Waals surface area contributed by atoms with Gasteiger partial charge in [-0.3, -0.25) is 0 Å². The first-order valence-electron chi connectivity index (χ1n) is 6.95. The zero-order chi connectivity index (χ0) is 14.9. The average molecular weight is 287 g/mol. The number of para-hydroxylation sites is 1. The van der Waals surface area contributed by atoms with Crippen molar-refractivity contribution in [3.8, 4) is 17.2 Å². The van der Waals surface area contributed by atoms with Gasteiger partial charge in [0.2, 0.25) is 0 Å². The highest BCUT2D eigenvalue weighted by atomic mass is 16.5. The van der Waals surface area contributed by atoms with Crippen molar-refractivity contribution in [1.82, 2.24) is 5.32 Å². The molecule has 0 bridgehead atoms. The van der Waals surface area contributed by atoms with Crippen LogP contribution in [0.5, 0.6) is 17.2 Å². The van der Waals surface area contributed by atoms with Gasteiger partial charge >= 0.3 is 0 Å². The van der Waals surface area contributed by atoms with E-state index in [1.807, 2.05) is 49.5 Å². The molecule has 0 unspecified atom stereocenters. The Morgan fingerprint density at radius 2 is 1.52 bits per heavy atom. The number of hydrogen-bond acceptors (Lipinski definition) is 4. The Hall–Kier alpha value is -2.20. The Kier molecular flexibility index (Phi) is 5.91. The third kappa shape index (κ3) is 4.68. The first-order valence-corrected chi connectivity index (χ1v) is 6.95. The van der Waals surface area contributed by atoms with Crippen molar-refractivity contribution in [3.63, 3.8) is 0 Å². The van der Waals surface area contributed by atoms with Gasteiger partial charge < -0.3 is 19.5 Å². The molecule has 0 spiro atoms. The van der Waals surface area contributed by atoms with E-state index in [0.29, 0.717) is 13.2 Å². The zero-order valence-electron chi connectivity index (χ0n) is 12.5. The maximum Gasteiger partial charge on any atom is 0.123 e. The summed E-state index contributed by atoms with van der Waals surface area (Å²) in [6.45, 7) is 1.79. The third-order valence-corrected chi connectivity index (χ3v) is 3.01. The molecule has 2 aromatic rings.